The normalized spacial score (nSPS) is 20.3. The number of likely N-dealkylation sites (tertiary alicyclic amines) is 2. The molecule has 3 N–H and O–H groups in total. The molecular formula is C32H38F2N3O6PS. The molecule has 2 aliphatic rings. The van der Waals surface area contributed by atoms with Gasteiger partial charge >= 0.3 is 13.3 Å². The van der Waals surface area contributed by atoms with Crippen molar-refractivity contribution in [2.24, 2.45) is 5.41 Å². The number of thiophene rings is 1. The summed E-state index contributed by atoms with van der Waals surface area (Å²) < 4.78 is 40.4. The summed E-state index contributed by atoms with van der Waals surface area (Å²) in [6.45, 7) is 7.08. The molecule has 0 aliphatic carbocycles. The van der Waals surface area contributed by atoms with Gasteiger partial charge in [-0.1, -0.05) is 57.2 Å². The third-order valence-electron chi connectivity index (χ3n) is 8.67. The molecule has 1 aromatic heterocycles. The van der Waals surface area contributed by atoms with E-state index in [1.54, 1.807) is 4.90 Å². The van der Waals surface area contributed by atoms with Crippen LogP contribution in [0, 0.1) is 5.41 Å². The lowest BCUT2D eigenvalue weighted by atomic mass is 9.85. The second-order valence-electron chi connectivity index (χ2n) is 12.9. The first-order valence-electron chi connectivity index (χ1n) is 15.0. The summed E-state index contributed by atoms with van der Waals surface area (Å²) in [7, 11) is -5.76. The van der Waals surface area contributed by atoms with Crippen molar-refractivity contribution in [2.75, 3.05) is 19.6 Å². The van der Waals surface area contributed by atoms with Crippen molar-refractivity contribution < 1.29 is 37.5 Å². The fourth-order valence-electron chi connectivity index (χ4n) is 6.20. The average molecular weight is 662 g/mol. The van der Waals surface area contributed by atoms with Crippen molar-refractivity contribution in [3.63, 3.8) is 0 Å². The number of fused-ring (bicyclic) bond motifs is 1. The molecule has 13 heteroatoms. The van der Waals surface area contributed by atoms with Gasteiger partial charge in [0.15, 0.2) is 0 Å². The second-order valence-corrected chi connectivity index (χ2v) is 15.7. The van der Waals surface area contributed by atoms with Crippen LogP contribution >= 0.6 is 18.9 Å². The van der Waals surface area contributed by atoms with Crippen molar-refractivity contribution >= 4 is 46.7 Å². The molecule has 0 radical (unpaired) electrons. The van der Waals surface area contributed by atoms with Gasteiger partial charge in [-0.15, -0.1) is 11.3 Å². The average Bonchev–Trinajstić information content (AvgIpc) is 3.66. The van der Waals surface area contributed by atoms with Crippen molar-refractivity contribution in [2.45, 2.75) is 70.1 Å². The fraction of sp³-hybridized carbons (Fsp3) is 0.469. The summed E-state index contributed by atoms with van der Waals surface area (Å²) in [6.07, 6.45) is 3.07. The van der Waals surface area contributed by atoms with Gasteiger partial charge in [0.1, 0.15) is 12.1 Å². The van der Waals surface area contributed by atoms with Gasteiger partial charge in [0.05, 0.1) is 4.88 Å². The summed E-state index contributed by atoms with van der Waals surface area (Å²) in [5.74, 6) is -0.783. The number of amides is 3. The lowest BCUT2D eigenvalue weighted by Gasteiger charge is -2.38. The number of nitrogens with zero attached hydrogens (tertiary/aromatic N) is 2. The van der Waals surface area contributed by atoms with Crippen LogP contribution in [0.25, 0.3) is 10.1 Å². The predicted molar refractivity (Wildman–Crippen MR) is 168 cm³/mol. The number of carbonyl (C=O) groups excluding carboxylic acids is 3. The van der Waals surface area contributed by atoms with E-state index in [0.29, 0.717) is 37.2 Å². The van der Waals surface area contributed by atoms with Crippen LogP contribution in [0.1, 0.15) is 73.2 Å². The van der Waals surface area contributed by atoms with Crippen molar-refractivity contribution in [1.82, 2.24) is 15.1 Å². The molecule has 0 saturated carbocycles. The summed E-state index contributed by atoms with van der Waals surface area (Å²) in [4.78, 5) is 63.1. The van der Waals surface area contributed by atoms with Crippen LogP contribution in [-0.4, -0.2) is 69.0 Å². The summed E-state index contributed by atoms with van der Waals surface area (Å²) in [6, 6.07) is 13.0. The third-order valence-corrected chi connectivity index (χ3v) is 10.8. The summed E-state index contributed by atoms with van der Waals surface area (Å²) >= 11 is 1.01. The van der Waals surface area contributed by atoms with Crippen LogP contribution in [0.4, 0.5) is 8.78 Å². The van der Waals surface area contributed by atoms with Gasteiger partial charge in [-0.05, 0) is 60.2 Å². The van der Waals surface area contributed by atoms with Gasteiger partial charge in [0, 0.05) is 35.8 Å². The first-order valence-corrected chi connectivity index (χ1v) is 17.4. The zero-order chi connectivity index (χ0) is 32.7. The lowest BCUT2D eigenvalue weighted by molar-refractivity contribution is -0.146. The van der Waals surface area contributed by atoms with E-state index < -0.39 is 42.2 Å². The molecule has 0 bridgehead atoms. The van der Waals surface area contributed by atoms with E-state index in [0.717, 1.165) is 36.3 Å². The van der Waals surface area contributed by atoms with Gasteiger partial charge in [0.2, 0.25) is 11.8 Å². The van der Waals surface area contributed by atoms with E-state index >= 15 is 0 Å². The molecule has 2 fully saturated rings. The Kier molecular flexibility index (Phi) is 9.26. The molecule has 2 saturated heterocycles. The van der Waals surface area contributed by atoms with Crippen LogP contribution < -0.4 is 5.32 Å². The van der Waals surface area contributed by atoms with Gasteiger partial charge in [-0.3, -0.25) is 18.9 Å². The van der Waals surface area contributed by atoms with Crippen molar-refractivity contribution in [3.05, 3.63) is 70.6 Å². The highest BCUT2D eigenvalue weighted by molar-refractivity contribution is 7.52. The highest BCUT2D eigenvalue weighted by Crippen LogP contribution is 2.59. The molecule has 2 aliphatic heterocycles. The minimum atomic E-state index is -5.76. The van der Waals surface area contributed by atoms with E-state index in [4.69, 9.17) is 9.79 Å². The number of nitrogens with one attached hydrogen (secondary N) is 1. The Morgan fingerprint density at radius 1 is 1.00 bits per heavy atom. The van der Waals surface area contributed by atoms with Gasteiger partial charge < -0.3 is 24.9 Å². The van der Waals surface area contributed by atoms with Gasteiger partial charge in [-0.25, -0.2) is 0 Å². The SMILES string of the molecule is CC(C)(C)C(NC(=O)c1cc2cc(C(F)(F)P(=O)(O)O)ccc2s1)C(=O)N1CCCC1C(=O)N1CCCC(c2ccccc2)C1. The Balaban J connectivity index is 1.32. The van der Waals surface area contributed by atoms with Gasteiger partial charge in [-0.2, -0.15) is 8.78 Å². The molecule has 3 heterocycles. The van der Waals surface area contributed by atoms with E-state index in [9.17, 15) is 27.7 Å². The van der Waals surface area contributed by atoms with Crippen LogP contribution in [-0.2, 0) is 19.8 Å². The second kappa shape index (κ2) is 12.5. The molecule has 3 unspecified atom stereocenters. The number of rotatable bonds is 7. The highest BCUT2D eigenvalue weighted by atomic mass is 32.1. The smallest absolute Gasteiger partial charge is 0.340 e. The molecule has 0 spiro atoms. The van der Waals surface area contributed by atoms with E-state index in [-0.39, 0.29) is 28.0 Å². The Labute approximate surface area is 264 Å². The van der Waals surface area contributed by atoms with Crippen LogP contribution in [0.15, 0.2) is 54.6 Å². The predicted octanol–water partition coefficient (Wildman–Crippen LogP) is 5.67. The van der Waals surface area contributed by atoms with Crippen LogP contribution in [0.3, 0.4) is 0 Å². The molecule has 2 aromatic carbocycles. The van der Waals surface area contributed by atoms with Crippen LogP contribution in [0.5, 0.6) is 0 Å². The number of carbonyl (C=O) groups is 3. The van der Waals surface area contributed by atoms with Gasteiger partial charge in [0.25, 0.3) is 5.91 Å². The summed E-state index contributed by atoms with van der Waals surface area (Å²) in [5, 5.41) is 3.05. The molecular weight excluding hydrogens is 623 g/mol. The molecule has 5 rings (SSSR count). The largest absolute Gasteiger partial charge is 0.399 e. The first-order chi connectivity index (χ1) is 21.1. The van der Waals surface area contributed by atoms with E-state index in [2.05, 4.69) is 17.4 Å². The maximum atomic E-state index is 14.3. The topological polar surface area (TPSA) is 127 Å². The monoisotopic (exact) mass is 661 g/mol. The minimum absolute atomic E-state index is 0.0760. The fourth-order valence-corrected chi connectivity index (χ4v) is 7.62. The molecule has 45 heavy (non-hydrogen) atoms. The Morgan fingerprint density at radius 3 is 2.36 bits per heavy atom. The Bertz CT molecular complexity index is 1640. The van der Waals surface area contributed by atoms with Crippen molar-refractivity contribution in [3.8, 4) is 0 Å². The zero-order valence-corrected chi connectivity index (χ0v) is 27.1. The van der Waals surface area contributed by atoms with Crippen LogP contribution in [0.2, 0.25) is 0 Å². The highest BCUT2D eigenvalue weighted by Gasteiger charge is 2.50. The zero-order valence-electron chi connectivity index (χ0n) is 25.4. The standard InChI is InChI=1S/C32H38F2N3O6PS/c1-31(2,3)27(35-28(38)26-18-22-17-23(13-14-25(22)45-26)32(33,34)44(41,42)43)30(40)37-16-8-12-24(37)29(39)36-15-7-11-21(19-36)20-9-5-4-6-10-20/h4-6,9-10,13-14,17-18,21,24,27H,7-8,11-12,15-16,19H2,1-3H3,(H,35,38)(H2,41,42,43). The maximum absolute atomic E-state index is 14.3. The Morgan fingerprint density at radius 2 is 1.69 bits per heavy atom. The molecule has 9 nitrogen and oxygen atoms in total. The maximum Gasteiger partial charge on any atom is 0.399 e. The van der Waals surface area contributed by atoms with Crippen molar-refractivity contribution in [1.29, 1.82) is 0 Å². The first kappa shape index (κ1) is 33.2. The third kappa shape index (κ3) is 6.84. The van der Waals surface area contributed by atoms with E-state index in [1.807, 2.05) is 43.9 Å². The molecule has 242 valence electrons. The summed E-state index contributed by atoms with van der Waals surface area (Å²) in [5.41, 5.74) is -4.76. The molecule has 3 aromatic rings. The number of alkyl halides is 2. The minimum Gasteiger partial charge on any atom is -0.340 e. The number of benzene rings is 2. The molecule has 3 amide bonds. The Hall–Kier alpha value is -3.18. The number of halogens is 2. The number of piperidine rings is 1. The lowest BCUT2D eigenvalue weighted by Crippen LogP contribution is -2.58. The quantitative estimate of drug-likeness (QED) is 0.280. The molecule has 3 atom stereocenters. The number of hydrogen-bond donors (Lipinski definition) is 3. The number of hydrogen-bond acceptors (Lipinski definition) is 5. The van der Waals surface area contributed by atoms with E-state index in [1.165, 1.54) is 17.7 Å².